The average molecular weight is 413 g/mol. The number of hydrogen-bond donors (Lipinski definition) is 4. The molecule has 0 saturated carbocycles. The first-order valence-electron chi connectivity index (χ1n) is 9.70. The first-order valence-corrected chi connectivity index (χ1v) is 10.1. The second kappa shape index (κ2) is 9.17. The molecule has 0 radical (unpaired) electrons. The Morgan fingerprint density at radius 3 is 2.83 bits per heavy atom. The van der Waals surface area contributed by atoms with E-state index in [9.17, 15) is 0 Å². The number of ether oxygens (including phenoxy) is 1. The molecule has 0 bridgehead atoms. The maximum absolute atomic E-state index is 6.23. The van der Waals surface area contributed by atoms with Gasteiger partial charge in [-0.1, -0.05) is 41.9 Å². The van der Waals surface area contributed by atoms with Gasteiger partial charge in [-0.05, 0) is 18.2 Å². The SMILES string of the molecule is COCCC[NH+]1CNC(Nc2nc(-c3ccccc3)c3cc(Cl)ccc3n2)=[NH+]C1. The fourth-order valence-electron chi connectivity index (χ4n) is 3.37. The quantitative estimate of drug-likeness (QED) is 0.436. The van der Waals surface area contributed by atoms with Gasteiger partial charge in [0.25, 0.3) is 5.95 Å². The van der Waals surface area contributed by atoms with Crippen molar-refractivity contribution < 1.29 is 14.6 Å². The summed E-state index contributed by atoms with van der Waals surface area (Å²) in [5.74, 6) is 1.35. The van der Waals surface area contributed by atoms with Crippen LogP contribution in [-0.4, -0.2) is 49.5 Å². The monoisotopic (exact) mass is 412 g/mol. The molecule has 0 saturated heterocycles. The maximum Gasteiger partial charge on any atom is 0.359 e. The van der Waals surface area contributed by atoms with E-state index in [1.807, 2.05) is 48.5 Å². The Labute approximate surface area is 174 Å². The predicted molar refractivity (Wildman–Crippen MR) is 115 cm³/mol. The molecule has 0 fully saturated rings. The summed E-state index contributed by atoms with van der Waals surface area (Å²) < 4.78 is 5.13. The lowest BCUT2D eigenvalue weighted by atomic mass is 10.1. The highest BCUT2D eigenvalue weighted by Gasteiger charge is 2.21. The Balaban J connectivity index is 1.58. The van der Waals surface area contributed by atoms with Crippen molar-refractivity contribution >= 4 is 34.4 Å². The van der Waals surface area contributed by atoms with Crippen molar-refractivity contribution in [3.05, 3.63) is 53.6 Å². The van der Waals surface area contributed by atoms with Crippen molar-refractivity contribution in [2.45, 2.75) is 6.42 Å². The van der Waals surface area contributed by atoms with Gasteiger partial charge in [0.1, 0.15) is 0 Å². The molecule has 1 aromatic heterocycles. The number of methoxy groups -OCH3 is 1. The molecule has 3 aromatic rings. The number of guanidine groups is 1. The minimum atomic E-state index is 0.538. The van der Waals surface area contributed by atoms with Crippen LogP contribution < -0.4 is 20.5 Å². The zero-order valence-electron chi connectivity index (χ0n) is 16.3. The first kappa shape index (κ1) is 19.6. The Morgan fingerprint density at radius 1 is 1.21 bits per heavy atom. The van der Waals surface area contributed by atoms with Gasteiger partial charge in [-0.3, -0.25) is 4.90 Å². The van der Waals surface area contributed by atoms with Crippen molar-refractivity contribution in [2.24, 2.45) is 0 Å². The third-order valence-electron chi connectivity index (χ3n) is 4.85. The molecule has 8 heteroatoms. The van der Waals surface area contributed by atoms with E-state index < -0.39 is 0 Å². The minimum Gasteiger partial charge on any atom is -0.384 e. The lowest BCUT2D eigenvalue weighted by molar-refractivity contribution is -0.980. The number of benzene rings is 2. The van der Waals surface area contributed by atoms with Gasteiger partial charge in [0.05, 0.1) is 24.4 Å². The fourth-order valence-corrected chi connectivity index (χ4v) is 3.54. The zero-order valence-corrected chi connectivity index (χ0v) is 17.1. The third-order valence-corrected chi connectivity index (χ3v) is 5.09. The molecule has 29 heavy (non-hydrogen) atoms. The van der Waals surface area contributed by atoms with Crippen molar-refractivity contribution in [1.29, 1.82) is 0 Å². The molecule has 4 rings (SSSR count). The molecule has 1 aliphatic heterocycles. The van der Waals surface area contributed by atoms with E-state index in [1.54, 1.807) is 7.11 Å². The predicted octanol–water partition coefficient (Wildman–Crippen LogP) is 0.238. The van der Waals surface area contributed by atoms with Crippen LogP contribution in [-0.2, 0) is 4.74 Å². The number of halogens is 1. The summed E-state index contributed by atoms with van der Waals surface area (Å²) in [6.45, 7) is 3.49. The molecule has 1 unspecified atom stereocenters. The Kier molecular flexibility index (Phi) is 6.19. The summed E-state index contributed by atoms with van der Waals surface area (Å²) in [4.78, 5) is 14.3. The largest absolute Gasteiger partial charge is 0.384 e. The number of fused-ring (bicyclic) bond motifs is 1. The van der Waals surface area contributed by atoms with Crippen LogP contribution in [0.4, 0.5) is 5.95 Å². The topological polar surface area (TPSA) is 77.5 Å². The summed E-state index contributed by atoms with van der Waals surface area (Å²) in [5, 5.41) is 8.26. The van der Waals surface area contributed by atoms with Crippen LogP contribution in [0.1, 0.15) is 6.42 Å². The van der Waals surface area contributed by atoms with Gasteiger partial charge in [-0.2, -0.15) is 9.97 Å². The molecule has 7 nitrogen and oxygen atoms in total. The van der Waals surface area contributed by atoms with Crippen LogP contribution >= 0.6 is 11.6 Å². The third kappa shape index (κ3) is 4.82. The van der Waals surface area contributed by atoms with Crippen molar-refractivity contribution in [3.63, 3.8) is 0 Å². The van der Waals surface area contributed by atoms with Crippen LogP contribution in [0.25, 0.3) is 22.2 Å². The van der Waals surface area contributed by atoms with E-state index in [0.29, 0.717) is 11.0 Å². The molecule has 4 N–H and O–H groups in total. The average Bonchev–Trinajstić information content (AvgIpc) is 2.75. The molecular formula is C21H25ClN6O+2. The fraction of sp³-hybridized carbons (Fsp3) is 0.286. The van der Waals surface area contributed by atoms with Crippen LogP contribution in [0.15, 0.2) is 48.5 Å². The Bertz CT molecular complexity index is 1010. The van der Waals surface area contributed by atoms with E-state index in [-0.39, 0.29) is 0 Å². The van der Waals surface area contributed by atoms with E-state index >= 15 is 0 Å². The molecular weight excluding hydrogens is 388 g/mol. The van der Waals surface area contributed by atoms with Gasteiger partial charge < -0.3 is 4.74 Å². The Morgan fingerprint density at radius 2 is 2.07 bits per heavy atom. The second-order valence-electron chi connectivity index (χ2n) is 6.98. The highest BCUT2D eigenvalue weighted by molar-refractivity contribution is 6.31. The zero-order chi connectivity index (χ0) is 20.1. The second-order valence-corrected chi connectivity index (χ2v) is 7.41. The van der Waals surface area contributed by atoms with Crippen molar-refractivity contribution in [1.82, 2.24) is 15.3 Å². The van der Waals surface area contributed by atoms with Crippen LogP contribution in [0.3, 0.4) is 0 Å². The van der Waals surface area contributed by atoms with Crippen LogP contribution in [0.2, 0.25) is 5.02 Å². The standard InChI is InChI=1S/C21H23ClN6O/c1-29-11-5-10-28-13-23-20(24-14-28)27-21-25-18-9-8-16(22)12-17(18)19(26-21)15-6-3-2-4-7-15/h2-4,6-9,12H,5,10-11,13-14H2,1H3,(H2,23,24,25,26,27)/p+2. The molecule has 2 aromatic carbocycles. The van der Waals surface area contributed by atoms with Crippen LogP contribution in [0.5, 0.6) is 0 Å². The van der Waals surface area contributed by atoms with Crippen LogP contribution in [0, 0.1) is 0 Å². The highest BCUT2D eigenvalue weighted by atomic mass is 35.5. The number of hydrogen-bond acceptors (Lipinski definition) is 5. The van der Waals surface area contributed by atoms with E-state index in [0.717, 1.165) is 61.0 Å². The number of anilines is 1. The molecule has 150 valence electrons. The molecule has 0 aliphatic carbocycles. The summed E-state index contributed by atoms with van der Waals surface area (Å²) in [6, 6.07) is 15.8. The Hall–Kier alpha value is -2.74. The number of aromatic nitrogens is 2. The van der Waals surface area contributed by atoms with Gasteiger partial charge in [0.15, 0.2) is 13.3 Å². The highest BCUT2D eigenvalue weighted by Crippen LogP contribution is 2.29. The molecule has 1 aliphatic rings. The van der Waals surface area contributed by atoms with E-state index in [2.05, 4.69) is 20.6 Å². The van der Waals surface area contributed by atoms with Gasteiger partial charge in [0, 0.05) is 29.5 Å². The van der Waals surface area contributed by atoms with Gasteiger partial charge >= 0.3 is 5.96 Å². The number of nitrogens with zero attached hydrogens (tertiary/aromatic N) is 2. The van der Waals surface area contributed by atoms with Gasteiger partial charge in [-0.25, -0.2) is 15.6 Å². The molecule has 1 atom stereocenters. The maximum atomic E-state index is 6.23. The van der Waals surface area contributed by atoms with E-state index in [1.165, 1.54) is 4.90 Å². The van der Waals surface area contributed by atoms with Gasteiger partial charge in [0.2, 0.25) is 0 Å². The summed E-state index contributed by atoms with van der Waals surface area (Å²) in [5.41, 5.74) is 2.71. The van der Waals surface area contributed by atoms with Crippen molar-refractivity contribution in [2.75, 3.05) is 38.9 Å². The lowest BCUT2D eigenvalue weighted by Gasteiger charge is -2.20. The van der Waals surface area contributed by atoms with Crippen molar-refractivity contribution in [3.8, 4) is 11.3 Å². The molecule has 0 amide bonds. The number of nitrogens with one attached hydrogen (secondary N) is 4. The summed E-state index contributed by atoms with van der Waals surface area (Å²) in [6.07, 6.45) is 1.04. The number of quaternary nitrogens is 1. The summed E-state index contributed by atoms with van der Waals surface area (Å²) in [7, 11) is 1.74. The normalized spacial score (nSPS) is 16.3. The number of rotatable bonds is 6. The first-order chi connectivity index (χ1) is 14.2. The summed E-state index contributed by atoms with van der Waals surface area (Å²) >= 11 is 6.23. The lowest BCUT2D eigenvalue weighted by Crippen LogP contribution is -3.24. The van der Waals surface area contributed by atoms with E-state index in [4.69, 9.17) is 21.3 Å². The molecule has 0 spiro atoms. The molecule has 2 heterocycles. The van der Waals surface area contributed by atoms with Gasteiger partial charge in [-0.15, -0.1) is 0 Å². The smallest absolute Gasteiger partial charge is 0.359 e. The minimum absolute atomic E-state index is 0.538.